The molecule has 0 aliphatic carbocycles. The van der Waals surface area contributed by atoms with Gasteiger partial charge in [-0.05, 0) is 55.2 Å². The Labute approximate surface area is 192 Å². The van der Waals surface area contributed by atoms with E-state index in [1.54, 1.807) is 29.8 Å². The number of halogens is 2. The molecule has 5 rings (SSSR count). The van der Waals surface area contributed by atoms with Crippen LogP contribution < -0.4 is 0 Å². The van der Waals surface area contributed by atoms with Crippen molar-refractivity contribution in [2.75, 3.05) is 6.54 Å². The van der Waals surface area contributed by atoms with E-state index in [-0.39, 0.29) is 29.5 Å². The van der Waals surface area contributed by atoms with E-state index in [2.05, 4.69) is 15.2 Å². The van der Waals surface area contributed by atoms with E-state index >= 15 is 0 Å². The van der Waals surface area contributed by atoms with Crippen molar-refractivity contribution in [3.05, 3.63) is 77.3 Å². The van der Waals surface area contributed by atoms with Gasteiger partial charge in [-0.25, -0.2) is 13.8 Å². The van der Waals surface area contributed by atoms with E-state index < -0.39 is 0 Å². The van der Waals surface area contributed by atoms with Crippen LogP contribution in [0.4, 0.5) is 8.78 Å². The van der Waals surface area contributed by atoms with Crippen LogP contribution in [0.3, 0.4) is 0 Å². The molecule has 3 heterocycles. The van der Waals surface area contributed by atoms with E-state index in [1.807, 2.05) is 4.90 Å². The molecule has 1 aliphatic rings. The topological polar surface area (TPSA) is 72.1 Å². The van der Waals surface area contributed by atoms with Crippen molar-refractivity contribution >= 4 is 17.2 Å². The van der Waals surface area contributed by atoms with Crippen LogP contribution in [0, 0.1) is 11.6 Å². The number of aromatic nitrogens is 3. The van der Waals surface area contributed by atoms with E-state index in [4.69, 9.17) is 4.42 Å². The van der Waals surface area contributed by atoms with Crippen molar-refractivity contribution in [3.8, 4) is 21.9 Å². The van der Waals surface area contributed by atoms with Gasteiger partial charge in [0, 0.05) is 24.6 Å². The van der Waals surface area contributed by atoms with Gasteiger partial charge in [-0.2, -0.15) is 0 Å². The van der Waals surface area contributed by atoms with E-state index in [0.29, 0.717) is 30.1 Å². The van der Waals surface area contributed by atoms with Gasteiger partial charge < -0.3 is 9.32 Å². The van der Waals surface area contributed by atoms with Gasteiger partial charge in [0.1, 0.15) is 17.3 Å². The summed E-state index contributed by atoms with van der Waals surface area (Å²) in [6, 6.07) is 11.9. The number of amides is 1. The zero-order valence-electron chi connectivity index (χ0n) is 17.6. The lowest BCUT2D eigenvalue weighted by Crippen LogP contribution is -2.45. The first-order valence-electron chi connectivity index (χ1n) is 10.7. The predicted molar refractivity (Wildman–Crippen MR) is 120 cm³/mol. The molecule has 0 spiro atoms. The number of thiazole rings is 1. The van der Waals surface area contributed by atoms with Gasteiger partial charge in [0.25, 0.3) is 5.91 Å². The average Bonchev–Trinajstić information content (AvgIpc) is 3.50. The fraction of sp³-hybridized carbons (Fsp3) is 0.250. The molecule has 0 bridgehead atoms. The van der Waals surface area contributed by atoms with Gasteiger partial charge in [0.2, 0.25) is 11.8 Å². The Morgan fingerprint density at radius 1 is 1.06 bits per heavy atom. The van der Waals surface area contributed by atoms with Gasteiger partial charge in [0.05, 0.1) is 10.4 Å². The minimum atomic E-state index is -0.378. The first-order valence-corrected chi connectivity index (χ1v) is 11.5. The fourth-order valence-corrected chi connectivity index (χ4v) is 4.88. The van der Waals surface area contributed by atoms with Crippen LogP contribution >= 0.6 is 11.3 Å². The summed E-state index contributed by atoms with van der Waals surface area (Å²) in [5, 5.41) is 8.17. The van der Waals surface area contributed by atoms with Crippen LogP contribution in [-0.2, 0) is 6.42 Å². The quantitative estimate of drug-likeness (QED) is 0.395. The minimum absolute atomic E-state index is 0.116. The maximum Gasteiger partial charge on any atom is 0.274 e. The highest BCUT2D eigenvalue weighted by Crippen LogP contribution is 2.31. The number of carbonyl (C=O) groups excluding carboxylic acids is 1. The zero-order chi connectivity index (χ0) is 22.8. The summed E-state index contributed by atoms with van der Waals surface area (Å²) in [7, 11) is 0. The Morgan fingerprint density at radius 2 is 1.91 bits per heavy atom. The van der Waals surface area contributed by atoms with Crippen LogP contribution in [0.25, 0.3) is 21.9 Å². The number of piperidine rings is 1. The first kappa shape index (κ1) is 21.4. The molecule has 9 heteroatoms. The summed E-state index contributed by atoms with van der Waals surface area (Å²) in [5.74, 6) is -0.224. The maximum atomic E-state index is 13.5. The monoisotopic (exact) mass is 466 g/mol. The molecule has 168 valence electrons. The fourth-order valence-electron chi connectivity index (χ4n) is 4.10. The minimum Gasteiger partial charge on any atom is -0.421 e. The number of benzene rings is 2. The number of carbonyl (C=O) groups is 1. The van der Waals surface area contributed by atoms with E-state index in [9.17, 15) is 13.6 Å². The van der Waals surface area contributed by atoms with Crippen molar-refractivity contribution in [1.82, 2.24) is 20.1 Å². The summed E-state index contributed by atoms with van der Waals surface area (Å²) in [5.41, 5.74) is 3.27. The summed E-state index contributed by atoms with van der Waals surface area (Å²) < 4.78 is 32.6. The number of hydrogen-bond acceptors (Lipinski definition) is 6. The van der Waals surface area contributed by atoms with Crippen LogP contribution in [0.15, 0.2) is 58.5 Å². The Morgan fingerprint density at radius 3 is 2.73 bits per heavy atom. The second-order valence-electron chi connectivity index (χ2n) is 7.90. The summed E-state index contributed by atoms with van der Waals surface area (Å²) in [6.45, 7) is 0.606. The molecule has 1 fully saturated rings. The molecular weight excluding hydrogens is 446 g/mol. The van der Waals surface area contributed by atoms with Crippen molar-refractivity contribution in [3.63, 3.8) is 0 Å². The molecule has 2 aromatic heterocycles. The van der Waals surface area contributed by atoms with Gasteiger partial charge >= 0.3 is 0 Å². The van der Waals surface area contributed by atoms with E-state index in [1.165, 1.54) is 35.6 Å². The molecule has 1 atom stereocenters. The lowest BCUT2D eigenvalue weighted by molar-refractivity contribution is 0.0601. The molecule has 0 N–H and O–H groups in total. The van der Waals surface area contributed by atoms with Gasteiger partial charge in [-0.15, -0.1) is 21.5 Å². The third-order valence-corrected chi connectivity index (χ3v) is 6.59. The molecule has 1 unspecified atom stereocenters. The Hall–Kier alpha value is -3.46. The second kappa shape index (κ2) is 9.19. The van der Waals surface area contributed by atoms with Crippen LogP contribution in [0.5, 0.6) is 0 Å². The number of likely N-dealkylation sites (tertiary alicyclic amines) is 1. The number of hydrogen-bond donors (Lipinski definition) is 0. The van der Waals surface area contributed by atoms with Gasteiger partial charge in [-0.3, -0.25) is 4.79 Å². The molecule has 4 aromatic rings. The van der Waals surface area contributed by atoms with Gasteiger partial charge in [-0.1, -0.05) is 18.2 Å². The molecular formula is C24H20F2N4O2S. The van der Waals surface area contributed by atoms with Crippen molar-refractivity contribution in [1.29, 1.82) is 0 Å². The van der Waals surface area contributed by atoms with Crippen molar-refractivity contribution < 1.29 is 18.0 Å². The van der Waals surface area contributed by atoms with E-state index in [0.717, 1.165) is 29.7 Å². The number of rotatable bonds is 5. The standard InChI is InChI=1S/C24H20F2N4O2S/c25-17-9-7-15(8-10-17)22-21(27-14-33-22)24(31)30-11-2-1-6-19(30)13-20-28-29-23(32-20)16-4-3-5-18(26)12-16/h3-5,7-10,12,14,19H,1-2,6,11,13H2. The highest BCUT2D eigenvalue weighted by atomic mass is 32.1. The maximum absolute atomic E-state index is 13.5. The number of nitrogens with zero attached hydrogens (tertiary/aromatic N) is 4. The third-order valence-electron chi connectivity index (χ3n) is 5.71. The Balaban J connectivity index is 1.36. The summed E-state index contributed by atoms with van der Waals surface area (Å²) in [6.07, 6.45) is 3.10. The molecule has 1 aliphatic heterocycles. The molecule has 2 aromatic carbocycles. The molecule has 6 nitrogen and oxygen atoms in total. The molecule has 33 heavy (non-hydrogen) atoms. The average molecular weight is 467 g/mol. The van der Waals surface area contributed by atoms with Crippen LogP contribution in [0.2, 0.25) is 0 Å². The largest absolute Gasteiger partial charge is 0.421 e. The molecule has 0 radical (unpaired) electrons. The van der Waals surface area contributed by atoms with Crippen molar-refractivity contribution in [2.45, 2.75) is 31.7 Å². The van der Waals surface area contributed by atoms with Crippen molar-refractivity contribution in [2.24, 2.45) is 0 Å². The van der Waals surface area contributed by atoms with Crippen LogP contribution in [-0.4, -0.2) is 38.6 Å². The molecule has 1 amide bonds. The van der Waals surface area contributed by atoms with Crippen LogP contribution in [0.1, 0.15) is 35.6 Å². The smallest absolute Gasteiger partial charge is 0.274 e. The third kappa shape index (κ3) is 4.54. The SMILES string of the molecule is O=C(c1ncsc1-c1ccc(F)cc1)N1CCCCC1Cc1nnc(-c2cccc(F)c2)o1. The first-order chi connectivity index (χ1) is 16.1. The summed E-state index contributed by atoms with van der Waals surface area (Å²) in [4.78, 5) is 20.3. The lowest BCUT2D eigenvalue weighted by atomic mass is 9.98. The molecule has 1 saturated heterocycles. The Bertz CT molecular complexity index is 1270. The zero-order valence-corrected chi connectivity index (χ0v) is 18.4. The summed E-state index contributed by atoms with van der Waals surface area (Å²) >= 11 is 1.36. The lowest BCUT2D eigenvalue weighted by Gasteiger charge is -2.35. The normalized spacial score (nSPS) is 16.2. The highest BCUT2D eigenvalue weighted by Gasteiger charge is 2.31. The highest BCUT2D eigenvalue weighted by molar-refractivity contribution is 7.13. The Kier molecular flexibility index (Phi) is 5.95. The molecule has 0 saturated carbocycles. The second-order valence-corrected chi connectivity index (χ2v) is 8.76. The van der Waals surface area contributed by atoms with Gasteiger partial charge in [0.15, 0.2) is 0 Å². The predicted octanol–water partition coefficient (Wildman–Crippen LogP) is 5.38.